The Balaban J connectivity index is 1.79. The van der Waals surface area contributed by atoms with Crippen LogP contribution < -0.4 is 5.32 Å². The molecule has 122 valence electrons. The number of nitrogens with one attached hydrogen (secondary N) is 1. The second-order valence-electron chi connectivity index (χ2n) is 5.02. The van der Waals surface area contributed by atoms with Crippen molar-refractivity contribution in [3.05, 3.63) is 54.4 Å². The molecule has 0 saturated heterocycles. The molecule has 8 heteroatoms. The molecular formula is C16H16N6O2. The summed E-state index contributed by atoms with van der Waals surface area (Å²) < 4.78 is 2.02. The van der Waals surface area contributed by atoms with Crippen LogP contribution in [0.5, 0.6) is 0 Å². The van der Waals surface area contributed by atoms with Crippen molar-refractivity contribution in [1.82, 2.24) is 24.5 Å². The maximum atomic E-state index is 11.1. The topological polar surface area (TPSA) is 106 Å². The second-order valence-corrected chi connectivity index (χ2v) is 5.02. The van der Waals surface area contributed by atoms with Gasteiger partial charge >= 0.3 is 5.97 Å². The monoisotopic (exact) mass is 324 g/mol. The summed E-state index contributed by atoms with van der Waals surface area (Å²) in [7, 11) is 0. The van der Waals surface area contributed by atoms with E-state index in [2.05, 4.69) is 25.3 Å². The molecule has 8 nitrogen and oxygen atoms in total. The first-order valence-electron chi connectivity index (χ1n) is 7.43. The number of imidazole rings is 1. The van der Waals surface area contributed by atoms with Crippen LogP contribution in [0.1, 0.15) is 23.0 Å². The van der Waals surface area contributed by atoms with Gasteiger partial charge < -0.3 is 15.0 Å². The van der Waals surface area contributed by atoms with Gasteiger partial charge in [-0.15, -0.1) is 0 Å². The molecule has 3 rings (SSSR count). The highest BCUT2D eigenvalue weighted by molar-refractivity contribution is 5.88. The largest absolute Gasteiger partial charge is 0.478 e. The van der Waals surface area contributed by atoms with Crippen LogP contribution in [0.2, 0.25) is 0 Å². The third-order valence-electron chi connectivity index (χ3n) is 3.49. The highest BCUT2D eigenvalue weighted by Gasteiger charge is 2.08. The molecule has 3 heterocycles. The number of nitrogens with zero attached hydrogens (tertiary/aromatic N) is 5. The van der Waals surface area contributed by atoms with E-state index < -0.39 is 5.97 Å². The Morgan fingerprint density at radius 3 is 2.88 bits per heavy atom. The first-order valence-corrected chi connectivity index (χ1v) is 7.43. The van der Waals surface area contributed by atoms with Gasteiger partial charge in [0.25, 0.3) is 0 Å². The Labute approximate surface area is 138 Å². The third kappa shape index (κ3) is 3.37. The van der Waals surface area contributed by atoms with E-state index in [0.717, 1.165) is 12.2 Å². The lowest BCUT2D eigenvalue weighted by atomic mass is 10.2. The summed E-state index contributed by atoms with van der Waals surface area (Å²) in [4.78, 5) is 27.9. The summed E-state index contributed by atoms with van der Waals surface area (Å²) in [6.45, 7) is 3.42. The number of aromatic nitrogens is 5. The smallest absolute Gasteiger partial charge is 0.335 e. The zero-order chi connectivity index (χ0) is 16.9. The molecule has 3 aromatic heterocycles. The van der Waals surface area contributed by atoms with Crippen molar-refractivity contribution in [1.29, 1.82) is 0 Å². The van der Waals surface area contributed by atoms with Crippen LogP contribution in [0.3, 0.4) is 0 Å². The minimum Gasteiger partial charge on any atom is -0.478 e. The maximum absolute atomic E-state index is 11.1. The van der Waals surface area contributed by atoms with Gasteiger partial charge in [0.05, 0.1) is 35.5 Å². The van der Waals surface area contributed by atoms with Gasteiger partial charge in [0, 0.05) is 25.1 Å². The van der Waals surface area contributed by atoms with E-state index in [4.69, 9.17) is 5.11 Å². The van der Waals surface area contributed by atoms with E-state index >= 15 is 0 Å². The molecule has 0 amide bonds. The van der Waals surface area contributed by atoms with Crippen LogP contribution in [0, 0.1) is 0 Å². The number of hydrogen-bond donors (Lipinski definition) is 2. The van der Waals surface area contributed by atoms with Crippen LogP contribution in [0.25, 0.3) is 11.4 Å². The molecule has 0 bridgehead atoms. The van der Waals surface area contributed by atoms with Gasteiger partial charge in [-0.25, -0.2) is 19.7 Å². The Morgan fingerprint density at radius 1 is 1.25 bits per heavy atom. The average molecular weight is 324 g/mol. The minimum atomic E-state index is -1.00. The second kappa shape index (κ2) is 6.86. The third-order valence-corrected chi connectivity index (χ3v) is 3.49. The molecule has 0 saturated carbocycles. The van der Waals surface area contributed by atoms with E-state index in [0.29, 0.717) is 23.9 Å². The summed E-state index contributed by atoms with van der Waals surface area (Å²) >= 11 is 0. The highest BCUT2D eigenvalue weighted by atomic mass is 16.4. The minimum absolute atomic E-state index is 0.167. The Morgan fingerprint density at radius 2 is 2.08 bits per heavy atom. The fourth-order valence-electron chi connectivity index (χ4n) is 2.24. The zero-order valence-electron chi connectivity index (χ0n) is 13.0. The maximum Gasteiger partial charge on any atom is 0.335 e. The van der Waals surface area contributed by atoms with E-state index in [-0.39, 0.29) is 5.56 Å². The SMILES string of the molecule is CCn1cncc1CNc1nccc(-c2cc(C(=O)O)ccn2)n1. The van der Waals surface area contributed by atoms with Crippen molar-refractivity contribution in [2.24, 2.45) is 0 Å². The summed E-state index contributed by atoms with van der Waals surface area (Å²) in [5.41, 5.74) is 2.23. The standard InChI is InChI=1S/C16H16N6O2/c1-2-22-10-17-8-12(22)9-20-16-19-6-4-13(21-16)14-7-11(15(23)24)3-5-18-14/h3-8,10H,2,9H2,1H3,(H,23,24)(H,19,20,21). The van der Waals surface area contributed by atoms with Gasteiger partial charge in [0.15, 0.2) is 0 Å². The first kappa shape index (κ1) is 15.6. The number of anilines is 1. The zero-order valence-corrected chi connectivity index (χ0v) is 13.0. The number of carboxylic acids is 1. The van der Waals surface area contributed by atoms with Crippen LogP contribution in [-0.4, -0.2) is 35.6 Å². The normalized spacial score (nSPS) is 10.5. The molecule has 2 N–H and O–H groups in total. The fraction of sp³-hybridized carbons (Fsp3) is 0.188. The fourth-order valence-corrected chi connectivity index (χ4v) is 2.24. The molecule has 0 spiro atoms. The van der Waals surface area contributed by atoms with Crippen LogP contribution >= 0.6 is 0 Å². The van der Waals surface area contributed by atoms with Crippen molar-refractivity contribution in [2.45, 2.75) is 20.0 Å². The first-order chi connectivity index (χ1) is 11.7. The van der Waals surface area contributed by atoms with Gasteiger partial charge in [-0.3, -0.25) is 4.98 Å². The number of aromatic carboxylic acids is 1. The number of carboxylic acid groups (broad SMARTS) is 1. The number of pyridine rings is 1. The molecule has 0 aromatic carbocycles. The lowest BCUT2D eigenvalue weighted by Gasteiger charge is -2.08. The summed E-state index contributed by atoms with van der Waals surface area (Å²) in [6, 6.07) is 4.62. The molecule has 0 radical (unpaired) electrons. The number of carbonyl (C=O) groups is 1. The molecule has 0 aliphatic heterocycles. The average Bonchev–Trinajstić information content (AvgIpc) is 3.08. The van der Waals surface area contributed by atoms with Gasteiger partial charge in [-0.1, -0.05) is 0 Å². The summed E-state index contributed by atoms with van der Waals surface area (Å²) in [6.07, 6.45) is 6.62. The van der Waals surface area contributed by atoms with Gasteiger partial charge in [-0.2, -0.15) is 0 Å². The van der Waals surface area contributed by atoms with Crippen molar-refractivity contribution >= 4 is 11.9 Å². The summed E-state index contributed by atoms with van der Waals surface area (Å²) in [5, 5.41) is 12.2. The predicted octanol–water partition coefficient (Wildman–Crippen LogP) is 2.07. The number of hydrogen-bond acceptors (Lipinski definition) is 6. The van der Waals surface area contributed by atoms with Crippen molar-refractivity contribution in [3.63, 3.8) is 0 Å². The molecule has 0 aliphatic carbocycles. The Kier molecular flexibility index (Phi) is 4.46. The summed E-state index contributed by atoms with van der Waals surface area (Å²) in [5.74, 6) is -0.558. The molecule has 0 unspecified atom stereocenters. The van der Waals surface area contributed by atoms with Gasteiger partial charge in [0.2, 0.25) is 5.95 Å². The Bertz CT molecular complexity index is 861. The molecule has 0 fully saturated rings. The van der Waals surface area contributed by atoms with E-state index in [1.54, 1.807) is 24.8 Å². The van der Waals surface area contributed by atoms with Crippen molar-refractivity contribution < 1.29 is 9.90 Å². The highest BCUT2D eigenvalue weighted by Crippen LogP contribution is 2.16. The van der Waals surface area contributed by atoms with Crippen LogP contribution in [0.15, 0.2) is 43.1 Å². The van der Waals surface area contributed by atoms with Crippen LogP contribution in [0.4, 0.5) is 5.95 Å². The van der Waals surface area contributed by atoms with Crippen molar-refractivity contribution in [3.8, 4) is 11.4 Å². The van der Waals surface area contributed by atoms with E-state index in [1.807, 2.05) is 11.5 Å². The van der Waals surface area contributed by atoms with E-state index in [1.165, 1.54) is 18.3 Å². The number of aryl methyl sites for hydroxylation is 1. The van der Waals surface area contributed by atoms with Crippen LogP contribution in [-0.2, 0) is 13.1 Å². The van der Waals surface area contributed by atoms with Gasteiger partial charge in [-0.05, 0) is 25.1 Å². The molecule has 3 aromatic rings. The lowest BCUT2D eigenvalue weighted by Crippen LogP contribution is -2.08. The molecule has 0 atom stereocenters. The number of rotatable bonds is 6. The molecule has 0 aliphatic rings. The lowest BCUT2D eigenvalue weighted by molar-refractivity contribution is 0.0697. The van der Waals surface area contributed by atoms with Crippen molar-refractivity contribution in [2.75, 3.05) is 5.32 Å². The molecule has 24 heavy (non-hydrogen) atoms. The van der Waals surface area contributed by atoms with Gasteiger partial charge in [0.1, 0.15) is 0 Å². The Hall–Kier alpha value is -3.29. The predicted molar refractivity (Wildman–Crippen MR) is 87.5 cm³/mol. The quantitative estimate of drug-likeness (QED) is 0.715. The molecular weight excluding hydrogens is 308 g/mol. The van der Waals surface area contributed by atoms with E-state index in [9.17, 15) is 4.79 Å².